The highest BCUT2D eigenvalue weighted by Crippen LogP contribution is 2.19. The quantitative estimate of drug-likeness (QED) is 0.812. The summed E-state index contributed by atoms with van der Waals surface area (Å²) in [5.74, 6) is 0. The fourth-order valence-electron chi connectivity index (χ4n) is 2.92. The van der Waals surface area contributed by atoms with Gasteiger partial charge in [0.25, 0.3) is 0 Å². The minimum Gasteiger partial charge on any atom is -0.297 e. The van der Waals surface area contributed by atoms with E-state index in [2.05, 4.69) is 81.2 Å². The Hall–Kier alpha value is -1.16. The molecule has 1 heterocycles. The van der Waals surface area contributed by atoms with Crippen molar-refractivity contribution in [1.29, 1.82) is 0 Å². The molecule has 0 saturated carbocycles. The second-order valence-electron chi connectivity index (χ2n) is 6.13. The Labute approximate surface area is 141 Å². The largest absolute Gasteiger partial charge is 0.297 e. The Morgan fingerprint density at radius 3 is 2.05 bits per heavy atom. The molecule has 0 bridgehead atoms. The minimum atomic E-state index is 1.04. The molecular weight excluding hydrogens is 336 g/mol. The van der Waals surface area contributed by atoms with E-state index in [-0.39, 0.29) is 0 Å². The lowest BCUT2D eigenvalue weighted by atomic mass is 10.1. The highest BCUT2D eigenvalue weighted by molar-refractivity contribution is 9.10. The van der Waals surface area contributed by atoms with Crippen LogP contribution in [0.15, 0.2) is 53.0 Å². The standard InChI is InChI=1S/C19H23BrN2/c1-16-6-8-17(9-7-16)14-21-10-12-22(13-11-21)15-18-4-2-3-5-19(18)20/h2-9H,10-15H2,1H3. The van der Waals surface area contributed by atoms with Gasteiger partial charge in [-0.25, -0.2) is 0 Å². The molecule has 0 atom stereocenters. The van der Waals surface area contributed by atoms with Gasteiger partial charge < -0.3 is 0 Å². The van der Waals surface area contributed by atoms with Gasteiger partial charge in [0.2, 0.25) is 0 Å². The van der Waals surface area contributed by atoms with Crippen LogP contribution in [0.3, 0.4) is 0 Å². The molecule has 1 aliphatic rings. The van der Waals surface area contributed by atoms with Crippen LogP contribution >= 0.6 is 15.9 Å². The molecule has 0 unspecified atom stereocenters. The van der Waals surface area contributed by atoms with E-state index in [0.717, 1.165) is 39.3 Å². The van der Waals surface area contributed by atoms with Crippen LogP contribution in [0.2, 0.25) is 0 Å². The van der Waals surface area contributed by atoms with Crippen molar-refractivity contribution >= 4 is 15.9 Å². The van der Waals surface area contributed by atoms with Crippen molar-refractivity contribution in [3.8, 4) is 0 Å². The third-order valence-corrected chi connectivity index (χ3v) is 5.12. The van der Waals surface area contributed by atoms with Crippen LogP contribution in [0, 0.1) is 6.92 Å². The summed E-state index contributed by atoms with van der Waals surface area (Å²) in [6.07, 6.45) is 0. The molecule has 0 spiro atoms. The Morgan fingerprint density at radius 1 is 0.818 bits per heavy atom. The lowest BCUT2D eigenvalue weighted by Crippen LogP contribution is -2.45. The Kier molecular flexibility index (Phi) is 5.29. The molecule has 116 valence electrons. The second kappa shape index (κ2) is 7.40. The molecule has 0 N–H and O–H groups in total. The van der Waals surface area contributed by atoms with Gasteiger partial charge >= 0.3 is 0 Å². The Bertz CT molecular complexity index is 601. The van der Waals surface area contributed by atoms with Crippen LogP contribution in [-0.2, 0) is 13.1 Å². The first-order valence-corrected chi connectivity index (χ1v) is 8.74. The molecular formula is C19H23BrN2. The van der Waals surface area contributed by atoms with Gasteiger partial charge in [-0.2, -0.15) is 0 Å². The average Bonchev–Trinajstić information content (AvgIpc) is 2.54. The molecule has 0 aromatic heterocycles. The van der Waals surface area contributed by atoms with Crippen LogP contribution in [0.25, 0.3) is 0 Å². The van der Waals surface area contributed by atoms with E-state index >= 15 is 0 Å². The molecule has 1 saturated heterocycles. The number of benzene rings is 2. The van der Waals surface area contributed by atoms with E-state index in [1.807, 2.05) is 0 Å². The SMILES string of the molecule is Cc1ccc(CN2CCN(Cc3ccccc3Br)CC2)cc1. The zero-order chi connectivity index (χ0) is 15.4. The lowest BCUT2D eigenvalue weighted by molar-refractivity contribution is 0.122. The van der Waals surface area contributed by atoms with Crippen LogP contribution in [0.1, 0.15) is 16.7 Å². The average molecular weight is 359 g/mol. The van der Waals surface area contributed by atoms with Crippen LogP contribution in [0.5, 0.6) is 0 Å². The molecule has 1 aliphatic heterocycles. The van der Waals surface area contributed by atoms with Crippen molar-refractivity contribution < 1.29 is 0 Å². The zero-order valence-electron chi connectivity index (χ0n) is 13.1. The number of hydrogen-bond donors (Lipinski definition) is 0. The first-order chi connectivity index (χ1) is 10.7. The summed E-state index contributed by atoms with van der Waals surface area (Å²) < 4.78 is 1.22. The zero-order valence-corrected chi connectivity index (χ0v) is 14.7. The summed E-state index contributed by atoms with van der Waals surface area (Å²) >= 11 is 3.65. The second-order valence-corrected chi connectivity index (χ2v) is 6.98. The molecule has 0 radical (unpaired) electrons. The highest BCUT2D eigenvalue weighted by atomic mass is 79.9. The molecule has 0 aliphatic carbocycles. The smallest absolute Gasteiger partial charge is 0.0246 e. The molecule has 2 nitrogen and oxygen atoms in total. The predicted molar refractivity (Wildman–Crippen MR) is 95.9 cm³/mol. The summed E-state index contributed by atoms with van der Waals surface area (Å²) in [6, 6.07) is 17.5. The summed E-state index contributed by atoms with van der Waals surface area (Å²) in [6.45, 7) is 8.85. The molecule has 22 heavy (non-hydrogen) atoms. The maximum absolute atomic E-state index is 3.65. The van der Waals surface area contributed by atoms with Gasteiger partial charge in [0, 0.05) is 43.7 Å². The summed E-state index contributed by atoms with van der Waals surface area (Å²) in [5, 5.41) is 0. The maximum atomic E-state index is 3.65. The number of hydrogen-bond acceptors (Lipinski definition) is 2. The van der Waals surface area contributed by atoms with Gasteiger partial charge in [0.15, 0.2) is 0 Å². The van der Waals surface area contributed by atoms with Gasteiger partial charge in [-0.15, -0.1) is 0 Å². The number of aryl methyl sites for hydroxylation is 1. The highest BCUT2D eigenvalue weighted by Gasteiger charge is 2.17. The van der Waals surface area contributed by atoms with Gasteiger partial charge in [-0.1, -0.05) is 64.0 Å². The third kappa shape index (κ3) is 4.19. The van der Waals surface area contributed by atoms with Crippen molar-refractivity contribution in [2.45, 2.75) is 20.0 Å². The van der Waals surface area contributed by atoms with Gasteiger partial charge in [0.05, 0.1) is 0 Å². The Morgan fingerprint density at radius 2 is 1.41 bits per heavy atom. The minimum absolute atomic E-state index is 1.04. The van der Waals surface area contributed by atoms with E-state index in [1.54, 1.807) is 0 Å². The van der Waals surface area contributed by atoms with Crippen molar-refractivity contribution in [1.82, 2.24) is 9.80 Å². The molecule has 3 rings (SSSR count). The van der Waals surface area contributed by atoms with Gasteiger partial charge in [-0.3, -0.25) is 9.80 Å². The van der Waals surface area contributed by atoms with E-state index in [9.17, 15) is 0 Å². The summed E-state index contributed by atoms with van der Waals surface area (Å²) in [4.78, 5) is 5.10. The van der Waals surface area contributed by atoms with Crippen molar-refractivity contribution in [2.75, 3.05) is 26.2 Å². The predicted octanol–water partition coefficient (Wildman–Crippen LogP) is 4.08. The van der Waals surface area contributed by atoms with E-state index in [0.29, 0.717) is 0 Å². The van der Waals surface area contributed by atoms with Crippen molar-refractivity contribution in [3.63, 3.8) is 0 Å². The number of nitrogens with zero attached hydrogens (tertiary/aromatic N) is 2. The molecule has 0 amide bonds. The first kappa shape index (κ1) is 15.7. The Balaban J connectivity index is 1.50. The number of halogens is 1. The summed E-state index contributed by atoms with van der Waals surface area (Å²) in [7, 11) is 0. The fraction of sp³-hybridized carbons (Fsp3) is 0.368. The van der Waals surface area contributed by atoms with E-state index < -0.39 is 0 Å². The molecule has 2 aromatic carbocycles. The van der Waals surface area contributed by atoms with Crippen molar-refractivity contribution in [3.05, 3.63) is 69.7 Å². The molecule has 2 aromatic rings. The topological polar surface area (TPSA) is 6.48 Å². The normalized spacial score (nSPS) is 16.8. The van der Waals surface area contributed by atoms with Crippen LogP contribution < -0.4 is 0 Å². The molecule has 3 heteroatoms. The van der Waals surface area contributed by atoms with Crippen molar-refractivity contribution in [2.24, 2.45) is 0 Å². The van der Waals surface area contributed by atoms with Gasteiger partial charge in [-0.05, 0) is 24.1 Å². The number of rotatable bonds is 4. The lowest BCUT2D eigenvalue weighted by Gasteiger charge is -2.35. The third-order valence-electron chi connectivity index (χ3n) is 4.34. The maximum Gasteiger partial charge on any atom is 0.0246 e. The van der Waals surface area contributed by atoms with Crippen LogP contribution in [-0.4, -0.2) is 36.0 Å². The first-order valence-electron chi connectivity index (χ1n) is 7.94. The van der Waals surface area contributed by atoms with Gasteiger partial charge in [0.1, 0.15) is 0 Å². The van der Waals surface area contributed by atoms with Crippen LogP contribution in [0.4, 0.5) is 0 Å². The van der Waals surface area contributed by atoms with E-state index in [4.69, 9.17) is 0 Å². The molecule has 1 fully saturated rings. The fourth-order valence-corrected chi connectivity index (χ4v) is 3.33. The summed E-state index contributed by atoms with van der Waals surface area (Å²) in [5.41, 5.74) is 4.14. The van der Waals surface area contributed by atoms with E-state index in [1.165, 1.54) is 21.2 Å². The number of piperazine rings is 1. The monoisotopic (exact) mass is 358 g/mol.